The third-order valence-electron chi connectivity index (χ3n) is 3.01. The summed E-state index contributed by atoms with van der Waals surface area (Å²) in [5.41, 5.74) is 0.0816. The average molecular weight is 376 g/mol. The van der Waals surface area contributed by atoms with E-state index in [1.54, 1.807) is 13.0 Å². The minimum atomic E-state index is -4.05. The van der Waals surface area contributed by atoms with Gasteiger partial charge in [-0.2, -0.15) is 0 Å². The van der Waals surface area contributed by atoms with Crippen molar-refractivity contribution in [3.05, 3.63) is 34.0 Å². The molecule has 0 bridgehead atoms. The summed E-state index contributed by atoms with van der Waals surface area (Å²) in [5, 5.41) is 5.12. The molecule has 10 heteroatoms. The molecule has 2 rings (SSSR count). The van der Waals surface area contributed by atoms with Gasteiger partial charge in [0.15, 0.2) is 0 Å². The van der Waals surface area contributed by atoms with Crippen LogP contribution >= 0.6 is 11.3 Å². The van der Waals surface area contributed by atoms with Crippen LogP contribution in [0.15, 0.2) is 34.1 Å². The summed E-state index contributed by atoms with van der Waals surface area (Å²) in [5.74, 6) is 0.0398. The third-order valence-corrected chi connectivity index (χ3v) is 6.54. The molecule has 0 fully saturated rings. The zero-order valence-electron chi connectivity index (χ0n) is 12.7. The van der Waals surface area contributed by atoms with E-state index in [-0.39, 0.29) is 21.2 Å². The highest BCUT2D eigenvalue weighted by molar-refractivity contribution is 7.93. The van der Waals surface area contributed by atoms with Gasteiger partial charge in [-0.05, 0) is 38.1 Å². The van der Waals surface area contributed by atoms with E-state index in [4.69, 9.17) is 9.88 Å². The van der Waals surface area contributed by atoms with Crippen molar-refractivity contribution in [1.29, 1.82) is 0 Å². The number of thiophene rings is 1. The van der Waals surface area contributed by atoms with E-state index in [0.717, 1.165) is 10.9 Å². The first kappa shape index (κ1) is 17.7. The molecule has 126 valence electrons. The van der Waals surface area contributed by atoms with E-state index in [0.29, 0.717) is 4.88 Å². The van der Waals surface area contributed by atoms with E-state index < -0.39 is 20.0 Å². The lowest BCUT2D eigenvalue weighted by atomic mass is 10.3. The average Bonchev–Trinajstić information content (AvgIpc) is 2.77. The molecule has 0 saturated carbocycles. The molecule has 0 atom stereocenters. The molecule has 0 aliphatic rings. The number of aryl methyl sites for hydroxylation is 2. The highest BCUT2D eigenvalue weighted by Gasteiger charge is 2.21. The minimum Gasteiger partial charge on any atom is -0.495 e. The van der Waals surface area contributed by atoms with Crippen LogP contribution < -0.4 is 14.6 Å². The number of nitrogens with one attached hydrogen (secondary N) is 1. The first-order valence-electron chi connectivity index (χ1n) is 6.35. The summed E-state index contributed by atoms with van der Waals surface area (Å²) in [6, 6.07) is 5.43. The standard InChI is InChI=1S/C13H16N2O5S3/c1-8-6-12(9(2)21-8)23(18,19)15-10-4-5-11(20-3)13(7-10)22(14,16)17/h4-7,15H,1-3H3,(H2,14,16,17). The first-order valence-corrected chi connectivity index (χ1v) is 10.2. The number of anilines is 1. The van der Waals surface area contributed by atoms with Crippen molar-refractivity contribution in [3.63, 3.8) is 0 Å². The van der Waals surface area contributed by atoms with Crippen molar-refractivity contribution in [3.8, 4) is 5.75 Å². The molecule has 0 unspecified atom stereocenters. The van der Waals surface area contributed by atoms with Crippen LogP contribution in [0.1, 0.15) is 9.75 Å². The highest BCUT2D eigenvalue weighted by atomic mass is 32.2. The fourth-order valence-corrected chi connectivity index (χ4v) is 5.38. The van der Waals surface area contributed by atoms with Crippen LogP contribution in [-0.2, 0) is 20.0 Å². The monoisotopic (exact) mass is 376 g/mol. The fourth-order valence-electron chi connectivity index (χ4n) is 2.05. The van der Waals surface area contributed by atoms with Gasteiger partial charge in [0.1, 0.15) is 15.5 Å². The zero-order chi connectivity index (χ0) is 17.4. The lowest BCUT2D eigenvalue weighted by Crippen LogP contribution is -2.16. The Morgan fingerprint density at radius 3 is 2.22 bits per heavy atom. The molecule has 0 spiro atoms. The van der Waals surface area contributed by atoms with Gasteiger partial charge in [0, 0.05) is 9.75 Å². The number of methoxy groups -OCH3 is 1. The van der Waals surface area contributed by atoms with E-state index in [2.05, 4.69) is 4.72 Å². The maximum atomic E-state index is 12.4. The van der Waals surface area contributed by atoms with Gasteiger partial charge in [-0.25, -0.2) is 22.0 Å². The smallest absolute Gasteiger partial charge is 0.262 e. The molecule has 0 saturated heterocycles. The second-order valence-electron chi connectivity index (χ2n) is 4.79. The molecule has 1 aromatic heterocycles. The first-order chi connectivity index (χ1) is 10.5. The Morgan fingerprint density at radius 2 is 1.74 bits per heavy atom. The van der Waals surface area contributed by atoms with Crippen molar-refractivity contribution < 1.29 is 21.6 Å². The van der Waals surface area contributed by atoms with Crippen molar-refractivity contribution >= 4 is 37.1 Å². The Hall–Kier alpha value is -1.62. The van der Waals surface area contributed by atoms with Crippen LogP contribution in [0.4, 0.5) is 5.69 Å². The molecule has 7 nitrogen and oxygen atoms in total. The molecule has 2 aromatic rings. The van der Waals surface area contributed by atoms with Gasteiger partial charge < -0.3 is 4.74 Å². The molecule has 0 aliphatic heterocycles. The molecule has 3 N–H and O–H groups in total. The second kappa shape index (κ2) is 6.11. The Morgan fingerprint density at radius 1 is 1.09 bits per heavy atom. The van der Waals surface area contributed by atoms with Gasteiger partial charge in [0.2, 0.25) is 10.0 Å². The molecular weight excluding hydrogens is 360 g/mol. The predicted molar refractivity (Wildman–Crippen MR) is 89.0 cm³/mol. The molecule has 0 radical (unpaired) electrons. The SMILES string of the molecule is COc1ccc(NS(=O)(=O)c2cc(C)sc2C)cc1S(N)(=O)=O. The highest BCUT2D eigenvalue weighted by Crippen LogP contribution is 2.30. The number of hydrogen-bond donors (Lipinski definition) is 2. The van der Waals surface area contributed by atoms with Crippen LogP contribution in [-0.4, -0.2) is 23.9 Å². The largest absolute Gasteiger partial charge is 0.495 e. The quantitative estimate of drug-likeness (QED) is 0.826. The number of hydrogen-bond acceptors (Lipinski definition) is 6. The van der Waals surface area contributed by atoms with Gasteiger partial charge in [0.05, 0.1) is 12.8 Å². The van der Waals surface area contributed by atoms with Crippen LogP contribution in [0.3, 0.4) is 0 Å². The third kappa shape index (κ3) is 3.83. The van der Waals surface area contributed by atoms with Gasteiger partial charge in [0.25, 0.3) is 10.0 Å². The lowest BCUT2D eigenvalue weighted by Gasteiger charge is -2.11. The normalized spacial score (nSPS) is 12.2. The number of benzene rings is 1. The maximum Gasteiger partial charge on any atom is 0.262 e. The van der Waals surface area contributed by atoms with Gasteiger partial charge >= 0.3 is 0 Å². The van der Waals surface area contributed by atoms with E-state index in [9.17, 15) is 16.8 Å². The second-order valence-corrected chi connectivity index (χ2v) is 9.43. The molecule has 23 heavy (non-hydrogen) atoms. The topological polar surface area (TPSA) is 116 Å². The number of nitrogens with two attached hydrogens (primary N) is 1. The maximum absolute atomic E-state index is 12.4. The Balaban J connectivity index is 2.46. The van der Waals surface area contributed by atoms with Crippen molar-refractivity contribution in [2.75, 3.05) is 11.8 Å². The Labute approximate surface area is 139 Å². The summed E-state index contributed by atoms with van der Waals surface area (Å²) in [6.07, 6.45) is 0. The van der Waals surface area contributed by atoms with Gasteiger partial charge in [-0.15, -0.1) is 11.3 Å². The molecular formula is C13H16N2O5S3. The van der Waals surface area contributed by atoms with Crippen LogP contribution in [0, 0.1) is 13.8 Å². The molecule has 1 heterocycles. The van der Waals surface area contributed by atoms with Crippen molar-refractivity contribution in [1.82, 2.24) is 0 Å². The molecule has 1 aromatic carbocycles. The van der Waals surface area contributed by atoms with Crippen molar-refractivity contribution in [2.45, 2.75) is 23.6 Å². The fraction of sp³-hybridized carbons (Fsp3) is 0.231. The minimum absolute atomic E-state index is 0.0398. The number of primary sulfonamides is 1. The van der Waals surface area contributed by atoms with E-state index in [1.165, 1.54) is 30.6 Å². The number of ether oxygens (including phenoxy) is 1. The summed E-state index contributed by atoms with van der Waals surface area (Å²) < 4.78 is 55.3. The van der Waals surface area contributed by atoms with Crippen molar-refractivity contribution in [2.24, 2.45) is 5.14 Å². The summed E-state index contributed by atoms with van der Waals surface area (Å²) >= 11 is 1.37. The molecule has 0 amide bonds. The Kier molecular flexibility index (Phi) is 4.71. The molecule has 0 aliphatic carbocycles. The van der Waals surface area contributed by atoms with Gasteiger partial charge in [-0.1, -0.05) is 0 Å². The summed E-state index contributed by atoms with van der Waals surface area (Å²) in [6.45, 7) is 3.51. The lowest BCUT2D eigenvalue weighted by molar-refractivity contribution is 0.403. The zero-order valence-corrected chi connectivity index (χ0v) is 15.1. The number of sulfonamides is 2. The predicted octanol–water partition coefficient (Wildman–Crippen LogP) is 1.82. The number of rotatable bonds is 5. The summed E-state index contributed by atoms with van der Waals surface area (Å²) in [4.78, 5) is 1.38. The van der Waals surface area contributed by atoms with Crippen LogP contribution in [0.25, 0.3) is 0 Å². The Bertz CT molecular complexity index is 946. The summed E-state index contributed by atoms with van der Waals surface area (Å²) in [7, 11) is -6.57. The van der Waals surface area contributed by atoms with Gasteiger partial charge in [-0.3, -0.25) is 4.72 Å². The van der Waals surface area contributed by atoms with E-state index in [1.807, 2.05) is 6.92 Å². The van der Waals surface area contributed by atoms with Crippen LogP contribution in [0.2, 0.25) is 0 Å². The van der Waals surface area contributed by atoms with E-state index >= 15 is 0 Å². The van der Waals surface area contributed by atoms with Crippen LogP contribution in [0.5, 0.6) is 5.75 Å².